The first-order chi connectivity index (χ1) is 7.41. The van der Waals surface area contributed by atoms with Crippen molar-refractivity contribution >= 4 is 25.8 Å². The van der Waals surface area contributed by atoms with Gasteiger partial charge in [-0.1, -0.05) is 15.9 Å². The topological polar surface area (TPSA) is 60.2 Å². The van der Waals surface area contributed by atoms with E-state index >= 15 is 0 Å². The third-order valence-corrected chi connectivity index (χ3v) is 5.59. The van der Waals surface area contributed by atoms with Crippen LogP contribution < -0.4 is 5.73 Å². The van der Waals surface area contributed by atoms with Crippen molar-refractivity contribution in [2.45, 2.75) is 36.0 Å². The first kappa shape index (κ1) is 12.1. The first-order valence-corrected chi connectivity index (χ1v) is 7.53. The highest BCUT2D eigenvalue weighted by Gasteiger charge is 2.37. The maximum atomic E-state index is 12.2. The van der Waals surface area contributed by atoms with Gasteiger partial charge in [0.25, 0.3) is 0 Å². The van der Waals surface area contributed by atoms with E-state index in [2.05, 4.69) is 15.9 Å². The molecule has 5 heteroatoms. The molecular formula is C11H14BrNO2S. The van der Waals surface area contributed by atoms with Crippen LogP contribution in [0, 0.1) is 0 Å². The van der Waals surface area contributed by atoms with Crippen LogP contribution in [0.2, 0.25) is 0 Å². The van der Waals surface area contributed by atoms with Crippen LogP contribution in [0.4, 0.5) is 0 Å². The molecule has 0 radical (unpaired) electrons. The molecule has 2 rings (SSSR count). The van der Waals surface area contributed by atoms with Gasteiger partial charge >= 0.3 is 0 Å². The zero-order chi connectivity index (χ0) is 11.9. The average Bonchev–Trinajstić information content (AvgIpc) is 2.37. The molecule has 0 saturated carbocycles. The Morgan fingerprint density at radius 1 is 1.56 bits per heavy atom. The molecule has 0 amide bonds. The maximum Gasteiger partial charge on any atom is 0.181 e. The van der Waals surface area contributed by atoms with Gasteiger partial charge in [0, 0.05) is 10.5 Å². The van der Waals surface area contributed by atoms with Crippen molar-refractivity contribution in [2.24, 2.45) is 5.73 Å². The number of hydrogen-bond donors (Lipinski definition) is 1. The Morgan fingerprint density at radius 3 is 2.88 bits per heavy atom. The molecule has 2 N–H and O–H groups in total. The Balaban J connectivity index is 2.42. The van der Waals surface area contributed by atoms with E-state index in [1.807, 2.05) is 13.0 Å². The van der Waals surface area contributed by atoms with E-state index in [0.29, 0.717) is 17.7 Å². The first-order valence-electron chi connectivity index (χ1n) is 5.19. The van der Waals surface area contributed by atoms with Crippen LogP contribution in [0.25, 0.3) is 0 Å². The fourth-order valence-electron chi connectivity index (χ4n) is 2.14. The minimum atomic E-state index is -3.16. The predicted octanol–water partition coefficient (Wildman–Crippen LogP) is 1.88. The highest BCUT2D eigenvalue weighted by molar-refractivity contribution is 9.10. The second-order valence-electron chi connectivity index (χ2n) is 4.34. The molecule has 88 valence electrons. The number of halogens is 1. The summed E-state index contributed by atoms with van der Waals surface area (Å²) in [5.74, 6) is 0. The van der Waals surface area contributed by atoms with Gasteiger partial charge in [-0.05, 0) is 43.5 Å². The predicted molar refractivity (Wildman–Crippen MR) is 67.1 cm³/mol. The Kier molecular flexibility index (Phi) is 3.11. The highest BCUT2D eigenvalue weighted by Crippen LogP contribution is 2.34. The van der Waals surface area contributed by atoms with E-state index in [4.69, 9.17) is 5.73 Å². The van der Waals surface area contributed by atoms with Crippen molar-refractivity contribution in [1.82, 2.24) is 0 Å². The van der Waals surface area contributed by atoms with Crippen LogP contribution in [-0.2, 0) is 16.3 Å². The standard InChI is InChI=1S/C11H14BrNO2S/c1-7(13)4-10-6-8-5-9(12)2-3-11(8)16(10,14)15/h2-3,5,7,10H,4,6,13H2,1H3. The van der Waals surface area contributed by atoms with Gasteiger partial charge in [0.15, 0.2) is 9.84 Å². The van der Waals surface area contributed by atoms with Crippen LogP contribution >= 0.6 is 15.9 Å². The molecule has 16 heavy (non-hydrogen) atoms. The lowest BCUT2D eigenvalue weighted by atomic mass is 10.1. The molecule has 1 aliphatic rings. The van der Waals surface area contributed by atoms with E-state index in [9.17, 15) is 8.42 Å². The van der Waals surface area contributed by atoms with E-state index in [-0.39, 0.29) is 11.3 Å². The van der Waals surface area contributed by atoms with Crippen molar-refractivity contribution in [1.29, 1.82) is 0 Å². The number of fused-ring (bicyclic) bond motifs is 1. The van der Waals surface area contributed by atoms with Crippen molar-refractivity contribution < 1.29 is 8.42 Å². The molecular weight excluding hydrogens is 290 g/mol. The number of benzene rings is 1. The lowest BCUT2D eigenvalue weighted by Gasteiger charge is -2.11. The monoisotopic (exact) mass is 303 g/mol. The molecule has 0 fully saturated rings. The third kappa shape index (κ3) is 2.04. The molecule has 1 heterocycles. The van der Waals surface area contributed by atoms with Gasteiger partial charge in [0.1, 0.15) is 0 Å². The van der Waals surface area contributed by atoms with Crippen molar-refractivity contribution in [3.63, 3.8) is 0 Å². The van der Waals surface area contributed by atoms with E-state index in [0.717, 1.165) is 10.0 Å². The smallest absolute Gasteiger partial charge is 0.181 e. The summed E-state index contributed by atoms with van der Waals surface area (Å²) in [7, 11) is -3.16. The van der Waals surface area contributed by atoms with Gasteiger partial charge in [-0.2, -0.15) is 0 Å². The summed E-state index contributed by atoms with van der Waals surface area (Å²) in [5.41, 5.74) is 6.59. The molecule has 0 aromatic heterocycles. The van der Waals surface area contributed by atoms with Crippen LogP contribution in [0.15, 0.2) is 27.6 Å². The summed E-state index contributed by atoms with van der Waals surface area (Å²) in [6.45, 7) is 1.84. The Morgan fingerprint density at radius 2 is 2.25 bits per heavy atom. The molecule has 0 aliphatic carbocycles. The fraction of sp³-hybridized carbons (Fsp3) is 0.455. The summed E-state index contributed by atoms with van der Waals surface area (Å²) in [6, 6.07) is 5.24. The second-order valence-corrected chi connectivity index (χ2v) is 7.45. The normalized spacial score (nSPS) is 24.1. The number of nitrogens with two attached hydrogens (primary N) is 1. The lowest BCUT2D eigenvalue weighted by molar-refractivity contribution is 0.563. The summed E-state index contributed by atoms with van der Waals surface area (Å²) in [6.07, 6.45) is 1.10. The van der Waals surface area contributed by atoms with E-state index in [1.54, 1.807) is 12.1 Å². The number of sulfone groups is 1. The second kappa shape index (κ2) is 4.13. The fourth-order valence-corrected chi connectivity index (χ4v) is 4.63. The van der Waals surface area contributed by atoms with Gasteiger partial charge in [-0.15, -0.1) is 0 Å². The SMILES string of the molecule is CC(N)CC1Cc2cc(Br)ccc2S1(=O)=O. The molecule has 0 bridgehead atoms. The van der Waals surface area contributed by atoms with E-state index in [1.165, 1.54) is 0 Å². The molecule has 2 unspecified atom stereocenters. The van der Waals surface area contributed by atoms with Gasteiger partial charge in [-0.25, -0.2) is 8.42 Å². The summed E-state index contributed by atoms with van der Waals surface area (Å²) >= 11 is 3.35. The quantitative estimate of drug-likeness (QED) is 0.907. The Hall–Kier alpha value is -0.390. The van der Waals surface area contributed by atoms with Crippen molar-refractivity contribution in [2.75, 3.05) is 0 Å². The van der Waals surface area contributed by atoms with Gasteiger partial charge < -0.3 is 5.73 Å². The Labute approximate surface area is 104 Å². The van der Waals surface area contributed by atoms with Crippen LogP contribution in [0.3, 0.4) is 0 Å². The van der Waals surface area contributed by atoms with Gasteiger partial charge in [0.05, 0.1) is 10.1 Å². The summed E-state index contributed by atoms with van der Waals surface area (Å²) < 4.78 is 25.2. The van der Waals surface area contributed by atoms with Crippen LogP contribution in [0.1, 0.15) is 18.9 Å². The van der Waals surface area contributed by atoms with Gasteiger partial charge in [0.2, 0.25) is 0 Å². The van der Waals surface area contributed by atoms with Crippen LogP contribution in [0.5, 0.6) is 0 Å². The molecule has 3 nitrogen and oxygen atoms in total. The van der Waals surface area contributed by atoms with E-state index < -0.39 is 9.84 Å². The van der Waals surface area contributed by atoms with Crippen molar-refractivity contribution in [3.05, 3.63) is 28.2 Å². The van der Waals surface area contributed by atoms with Gasteiger partial charge in [-0.3, -0.25) is 0 Å². The molecule has 1 aromatic carbocycles. The lowest BCUT2D eigenvalue weighted by Crippen LogP contribution is -2.27. The average molecular weight is 304 g/mol. The highest BCUT2D eigenvalue weighted by atomic mass is 79.9. The maximum absolute atomic E-state index is 12.2. The summed E-state index contributed by atoms with van der Waals surface area (Å²) in [4.78, 5) is 0.473. The third-order valence-electron chi connectivity index (χ3n) is 2.85. The van der Waals surface area contributed by atoms with Crippen LogP contribution in [-0.4, -0.2) is 19.7 Å². The molecule has 0 spiro atoms. The molecule has 1 aromatic rings. The zero-order valence-electron chi connectivity index (χ0n) is 8.98. The number of rotatable bonds is 2. The largest absolute Gasteiger partial charge is 0.328 e. The Bertz CT molecular complexity index is 511. The minimum absolute atomic E-state index is 0.0856. The number of hydrogen-bond acceptors (Lipinski definition) is 3. The zero-order valence-corrected chi connectivity index (χ0v) is 11.4. The molecule has 0 saturated heterocycles. The molecule has 1 aliphatic heterocycles. The molecule has 2 atom stereocenters. The van der Waals surface area contributed by atoms with Crippen molar-refractivity contribution in [3.8, 4) is 0 Å². The summed E-state index contributed by atoms with van der Waals surface area (Å²) in [5, 5.41) is -0.350. The minimum Gasteiger partial charge on any atom is -0.328 e.